The number of urea groups is 1. The van der Waals surface area contributed by atoms with Crippen molar-refractivity contribution < 1.29 is 53.8 Å². The van der Waals surface area contributed by atoms with Crippen molar-refractivity contribution >= 4 is 18.0 Å². The van der Waals surface area contributed by atoms with Crippen molar-refractivity contribution in [2.75, 3.05) is 0 Å². The van der Waals surface area contributed by atoms with Gasteiger partial charge < -0.3 is 61.1 Å². The van der Waals surface area contributed by atoms with Crippen LogP contribution in [0, 0.1) is 0 Å². The molecule has 1 aromatic rings. The predicted molar refractivity (Wildman–Crippen MR) is 114 cm³/mol. The smallest absolute Gasteiger partial charge is 0.335 e. The lowest BCUT2D eigenvalue weighted by Gasteiger charge is -2.45. The standard InChI is InChI=1S/C19H25N5O13/c20-4-1-5(15(28)29)34-17(7(4)25)37-11-6(23-18(21)32)10-12(36-13(11)16(30)31)8(26)9(35-10)3-2-22-19(33)24-14(3)27/h2,4-13,17,25-26H,1,20H2,(H,28,29)(H,30,31)(H3,21,23,32)(H2,22,24,27,33)/t4-,5+,6+,7-,8+,9-,10-,11-,12+,13+,17?/m1/s1. The lowest BCUT2D eigenvalue weighted by atomic mass is 9.90. The average molecular weight is 531 g/mol. The van der Waals surface area contributed by atoms with Gasteiger partial charge in [0.1, 0.15) is 36.6 Å². The highest BCUT2D eigenvalue weighted by Crippen LogP contribution is 2.41. The van der Waals surface area contributed by atoms with Crippen LogP contribution in [0.2, 0.25) is 0 Å². The van der Waals surface area contributed by atoms with Crippen LogP contribution in [-0.4, -0.2) is 109 Å². The highest BCUT2D eigenvalue weighted by molar-refractivity contribution is 5.75. The molecule has 3 fully saturated rings. The van der Waals surface area contributed by atoms with E-state index in [4.69, 9.17) is 30.4 Å². The molecule has 204 valence electrons. The number of carboxylic acid groups (broad SMARTS) is 2. The van der Waals surface area contributed by atoms with Crippen molar-refractivity contribution in [3.05, 3.63) is 32.6 Å². The van der Waals surface area contributed by atoms with Crippen LogP contribution >= 0.6 is 0 Å². The van der Waals surface area contributed by atoms with E-state index in [1.807, 2.05) is 4.98 Å². The largest absolute Gasteiger partial charge is 0.479 e. The summed E-state index contributed by atoms with van der Waals surface area (Å²) < 4.78 is 22.2. The van der Waals surface area contributed by atoms with Crippen molar-refractivity contribution in [1.82, 2.24) is 15.3 Å². The summed E-state index contributed by atoms with van der Waals surface area (Å²) in [7, 11) is 0. The number of aliphatic hydroxyl groups is 2. The zero-order valence-electron chi connectivity index (χ0n) is 18.8. The Balaban J connectivity index is 1.68. The maximum absolute atomic E-state index is 12.3. The zero-order chi connectivity index (χ0) is 27.2. The van der Waals surface area contributed by atoms with Crippen LogP contribution in [0.15, 0.2) is 15.8 Å². The molecule has 3 aliphatic rings. The molecule has 0 saturated carbocycles. The first-order valence-corrected chi connectivity index (χ1v) is 11.0. The molecular formula is C19H25N5O13. The summed E-state index contributed by atoms with van der Waals surface area (Å²) in [5.41, 5.74) is 9.11. The lowest BCUT2D eigenvalue weighted by molar-refractivity contribution is -0.293. The van der Waals surface area contributed by atoms with Crippen LogP contribution in [0.3, 0.4) is 0 Å². The highest BCUT2D eigenvalue weighted by Gasteiger charge is 2.60. The summed E-state index contributed by atoms with van der Waals surface area (Å²) in [6.07, 6.45) is -13.7. The second-order valence-corrected chi connectivity index (χ2v) is 8.76. The van der Waals surface area contributed by atoms with Crippen LogP contribution in [-0.2, 0) is 28.5 Å². The Hall–Kier alpha value is -3.39. The van der Waals surface area contributed by atoms with Gasteiger partial charge in [-0.15, -0.1) is 0 Å². The minimum Gasteiger partial charge on any atom is -0.479 e. The van der Waals surface area contributed by atoms with Gasteiger partial charge in [-0.3, -0.25) is 9.78 Å². The number of aromatic nitrogens is 2. The number of nitrogens with two attached hydrogens (primary N) is 2. The van der Waals surface area contributed by atoms with Crippen molar-refractivity contribution in [1.29, 1.82) is 0 Å². The van der Waals surface area contributed by atoms with Crippen molar-refractivity contribution in [3.8, 4) is 0 Å². The van der Waals surface area contributed by atoms with E-state index < -0.39 is 96.4 Å². The molecule has 4 heterocycles. The number of ether oxygens (including phenoxy) is 4. The van der Waals surface area contributed by atoms with Gasteiger partial charge in [-0.05, 0) is 0 Å². The van der Waals surface area contributed by atoms with E-state index in [0.717, 1.165) is 6.20 Å². The number of H-pyrrole nitrogens is 2. The molecule has 0 radical (unpaired) electrons. The molecule has 2 amide bonds. The van der Waals surface area contributed by atoms with Gasteiger partial charge in [-0.25, -0.2) is 19.2 Å². The van der Waals surface area contributed by atoms with Gasteiger partial charge in [0.2, 0.25) is 0 Å². The summed E-state index contributed by atoms with van der Waals surface area (Å²) in [6.45, 7) is 0. The van der Waals surface area contributed by atoms with Gasteiger partial charge >= 0.3 is 23.7 Å². The Labute approximate surface area is 205 Å². The normalized spacial score (nSPS) is 39.5. The SMILES string of the molecule is NC(=O)N[C@H]1[C@H]2O[C@H](c3c[nH]c(=O)[nH]c3=O)[C@H](O)[C@@H]2O[C@H](C(=O)O)[C@@H]1OC1O[C@H](C(=O)O)C[C@@H](N)[C@H]1O. The second kappa shape index (κ2) is 10.2. The molecule has 1 unspecified atom stereocenters. The molecule has 11 atom stereocenters. The number of carboxylic acids is 2. The van der Waals surface area contributed by atoms with E-state index >= 15 is 0 Å². The molecule has 4 rings (SSSR count). The number of hydrogen-bond donors (Lipinski definition) is 9. The van der Waals surface area contributed by atoms with Gasteiger partial charge in [-0.1, -0.05) is 0 Å². The first kappa shape index (κ1) is 26.7. The molecule has 37 heavy (non-hydrogen) atoms. The average Bonchev–Trinajstić information content (AvgIpc) is 3.13. The number of amides is 2. The van der Waals surface area contributed by atoms with E-state index in [2.05, 4.69) is 10.3 Å². The third-order valence-electron chi connectivity index (χ3n) is 6.36. The number of primary amides is 1. The minimum atomic E-state index is -1.93. The molecule has 3 aliphatic heterocycles. The van der Waals surface area contributed by atoms with Gasteiger partial charge in [0.25, 0.3) is 5.56 Å². The molecule has 0 bridgehead atoms. The molecular weight excluding hydrogens is 506 g/mol. The van der Waals surface area contributed by atoms with Crippen molar-refractivity contribution in [2.45, 2.75) is 73.6 Å². The summed E-state index contributed by atoms with van der Waals surface area (Å²) in [5.74, 6) is -3.03. The maximum atomic E-state index is 12.3. The van der Waals surface area contributed by atoms with E-state index in [-0.39, 0.29) is 12.0 Å². The Bertz CT molecular complexity index is 1170. The number of rotatable bonds is 6. The fourth-order valence-electron chi connectivity index (χ4n) is 4.65. The minimum absolute atomic E-state index is 0.228. The third-order valence-corrected chi connectivity index (χ3v) is 6.36. The molecule has 0 aliphatic carbocycles. The van der Waals surface area contributed by atoms with Gasteiger partial charge in [0, 0.05) is 18.7 Å². The molecule has 18 nitrogen and oxygen atoms in total. The Morgan fingerprint density at radius 3 is 2.35 bits per heavy atom. The lowest BCUT2D eigenvalue weighted by Crippen LogP contribution is -2.68. The molecule has 11 N–H and O–H groups in total. The maximum Gasteiger partial charge on any atom is 0.335 e. The van der Waals surface area contributed by atoms with E-state index in [0.29, 0.717) is 0 Å². The van der Waals surface area contributed by atoms with E-state index in [1.165, 1.54) is 0 Å². The Kier molecular flexibility index (Phi) is 7.33. The summed E-state index contributed by atoms with van der Waals surface area (Å²) in [4.78, 5) is 63.2. The van der Waals surface area contributed by atoms with Crippen LogP contribution in [0.5, 0.6) is 0 Å². The van der Waals surface area contributed by atoms with E-state index in [1.54, 1.807) is 0 Å². The molecule has 0 spiro atoms. The number of aliphatic carboxylic acids is 2. The van der Waals surface area contributed by atoms with Crippen molar-refractivity contribution in [2.24, 2.45) is 11.5 Å². The van der Waals surface area contributed by atoms with Crippen molar-refractivity contribution in [3.63, 3.8) is 0 Å². The first-order chi connectivity index (χ1) is 17.4. The third kappa shape index (κ3) is 5.07. The number of fused-ring (bicyclic) bond motifs is 1. The quantitative estimate of drug-likeness (QED) is 0.166. The highest BCUT2D eigenvalue weighted by atomic mass is 16.7. The molecule has 1 aromatic heterocycles. The topological polar surface area (TPSA) is 299 Å². The van der Waals surface area contributed by atoms with Crippen LogP contribution < -0.4 is 28.0 Å². The number of carbonyl (C=O) groups is 3. The zero-order valence-corrected chi connectivity index (χ0v) is 18.8. The van der Waals surface area contributed by atoms with E-state index in [9.17, 15) is 44.4 Å². The predicted octanol–water partition coefficient (Wildman–Crippen LogP) is -4.97. The van der Waals surface area contributed by atoms with Gasteiger partial charge in [0.05, 0.1) is 11.6 Å². The monoisotopic (exact) mass is 531 g/mol. The number of aliphatic hydroxyl groups excluding tert-OH is 2. The number of nitrogens with one attached hydrogen (secondary N) is 3. The van der Waals surface area contributed by atoms with Crippen LogP contribution in [0.25, 0.3) is 0 Å². The second-order valence-electron chi connectivity index (χ2n) is 8.76. The van der Waals surface area contributed by atoms with Crippen LogP contribution in [0.4, 0.5) is 4.79 Å². The fraction of sp³-hybridized carbons (Fsp3) is 0.632. The number of carbonyl (C=O) groups excluding carboxylic acids is 1. The number of aromatic amines is 2. The Morgan fingerprint density at radius 2 is 1.76 bits per heavy atom. The first-order valence-electron chi connectivity index (χ1n) is 11.0. The van der Waals surface area contributed by atoms with Gasteiger partial charge in [-0.2, -0.15) is 0 Å². The summed E-state index contributed by atoms with van der Waals surface area (Å²) >= 11 is 0. The summed E-state index contributed by atoms with van der Waals surface area (Å²) in [6, 6.07) is -3.75. The molecule has 3 saturated heterocycles. The Morgan fingerprint density at radius 1 is 1.05 bits per heavy atom. The fourth-order valence-corrected chi connectivity index (χ4v) is 4.65. The van der Waals surface area contributed by atoms with Crippen LogP contribution in [0.1, 0.15) is 18.1 Å². The van der Waals surface area contributed by atoms with Gasteiger partial charge in [0.15, 0.2) is 18.5 Å². The number of hydrogen-bond acceptors (Lipinski definition) is 12. The molecule has 18 heteroatoms. The summed E-state index contributed by atoms with van der Waals surface area (Å²) in [5, 5.41) is 42.7. The molecule has 0 aromatic carbocycles.